The Balaban J connectivity index is 1.82. The molecular weight excluding hydrogens is 452 g/mol. The van der Waals surface area contributed by atoms with E-state index in [1.165, 1.54) is 62.7 Å². The summed E-state index contributed by atoms with van der Waals surface area (Å²) in [5, 5.41) is 2.63. The molecule has 168 valence electrons. The van der Waals surface area contributed by atoms with Gasteiger partial charge in [-0.25, -0.2) is 16.8 Å². The van der Waals surface area contributed by atoms with E-state index in [1.54, 1.807) is 24.3 Å². The monoisotopic (exact) mass is 474 g/mol. The molecule has 0 radical (unpaired) electrons. The number of carbonyl (C=O) groups is 1. The minimum Gasteiger partial charge on any atom is -0.497 e. The molecule has 32 heavy (non-hydrogen) atoms. The van der Waals surface area contributed by atoms with Gasteiger partial charge in [-0.15, -0.1) is 0 Å². The van der Waals surface area contributed by atoms with Crippen molar-refractivity contribution in [2.75, 3.05) is 30.0 Å². The van der Waals surface area contributed by atoms with Crippen molar-refractivity contribution in [2.45, 2.75) is 9.79 Å². The van der Waals surface area contributed by atoms with Crippen LogP contribution in [0, 0.1) is 0 Å². The zero-order valence-electron chi connectivity index (χ0n) is 17.6. The van der Waals surface area contributed by atoms with Crippen LogP contribution in [0.15, 0.2) is 82.6 Å². The van der Waals surface area contributed by atoms with E-state index in [4.69, 9.17) is 4.74 Å². The lowest BCUT2D eigenvalue weighted by molar-refractivity contribution is 0.102. The second kappa shape index (κ2) is 9.01. The highest BCUT2D eigenvalue weighted by molar-refractivity contribution is 7.92. The normalized spacial score (nSPS) is 11.6. The molecule has 3 rings (SSSR count). The second-order valence-corrected chi connectivity index (χ2v) is 10.9. The summed E-state index contributed by atoms with van der Waals surface area (Å²) in [6.45, 7) is 0. The fourth-order valence-electron chi connectivity index (χ4n) is 2.88. The molecule has 0 aliphatic rings. The van der Waals surface area contributed by atoms with Gasteiger partial charge in [0.25, 0.3) is 15.9 Å². The molecule has 0 bridgehead atoms. The smallest absolute Gasteiger partial charge is 0.264 e. The van der Waals surface area contributed by atoms with Crippen LogP contribution in [-0.2, 0) is 19.9 Å². The van der Waals surface area contributed by atoms with Crippen LogP contribution in [0.5, 0.6) is 5.75 Å². The van der Waals surface area contributed by atoms with E-state index in [0.717, 1.165) is 10.6 Å². The maximum Gasteiger partial charge on any atom is 0.264 e. The molecule has 0 saturated heterocycles. The molecule has 0 aliphatic carbocycles. The van der Waals surface area contributed by atoms with E-state index in [9.17, 15) is 21.6 Å². The molecule has 0 fully saturated rings. The lowest BCUT2D eigenvalue weighted by atomic mass is 10.2. The summed E-state index contributed by atoms with van der Waals surface area (Å²) in [6.07, 6.45) is 1.09. The number of hydrogen-bond acceptors (Lipinski definition) is 6. The van der Waals surface area contributed by atoms with E-state index in [0.29, 0.717) is 17.1 Å². The van der Waals surface area contributed by atoms with Crippen molar-refractivity contribution in [3.63, 3.8) is 0 Å². The standard InChI is InChI=1S/C22H22N2O6S2/c1-24(18-9-11-19(30-2)12-10-18)32(28,29)21-6-4-5-16(15-21)22(25)23-17-7-13-20(14-8-17)31(3,26)27/h4-15H,1-3H3,(H,23,25). The molecule has 10 heteroatoms. The Morgan fingerprint density at radius 2 is 1.50 bits per heavy atom. The molecule has 1 N–H and O–H groups in total. The van der Waals surface area contributed by atoms with Gasteiger partial charge in [0.15, 0.2) is 9.84 Å². The van der Waals surface area contributed by atoms with Gasteiger partial charge in [0.2, 0.25) is 0 Å². The first-order valence-electron chi connectivity index (χ1n) is 9.37. The van der Waals surface area contributed by atoms with Gasteiger partial charge in [-0.1, -0.05) is 6.07 Å². The van der Waals surface area contributed by atoms with E-state index >= 15 is 0 Å². The first-order valence-corrected chi connectivity index (χ1v) is 12.7. The molecule has 3 aromatic rings. The molecule has 0 atom stereocenters. The van der Waals surface area contributed by atoms with Gasteiger partial charge in [0.05, 0.1) is 22.6 Å². The number of benzene rings is 3. The largest absolute Gasteiger partial charge is 0.497 e. The van der Waals surface area contributed by atoms with Crippen molar-refractivity contribution in [1.29, 1.82) is 0 Å². The summed E-state index contributed by atoms with van der Waals surface area (Å²) < 4.78 is 55.4. The SMILES string of the molecule is COc1ccc(N(C)S(=O)(=O)c2cccc(C(=O)Nc3ccc(S(C)(=O)=O)cc3)c2)cc1. The van der Waals surface area contributed by atoms with Gasteiger partial charge >= 0.3 is 0 Å². The highest BCUT2D eigenvalue weighted by Gasteiger charge is 2.22. The summed E-state index contributed by atoms with van der Waals surface area (Å²) in [5.74, 6) is 0.0732. The maximum atomic E-state index is 13.1. The summed E-state index contributed by atoms with van der Waals surface area (Å²) in [4.78, 5) is 12.7. The predicted molar refractivity (Wildman–Crippen MR) is 123 cm³/mol. The van der Waals surface area contributed by atoms with Gasteiger partial charge in [-0.3, -0.25) is 9.10 Å². The number of nitrogens with one attached hydrogen (secondary N) is 1. The number of sulfone groups is 1. The number of amides is 1. The first-order chi connectivity index (χ1) is 15.0. The van der Waals surface area contributed by atoms with Crippen LogP contribution in [0.4, 0.5) is 11.4 Å². The Kier molecular flexibility index (Phi) is 6.56. The molecule has 0 heterocycles. The van der Waals surface area contributed by atoms with Crippen LogP contribution in [0.3, 0.4) is 0 Å². The van der Waals surface area contributed by atoms with Crippen LogP contribution in [-0.4, -0.2) is 43.2 Å². The van der Waals surface area contributed by atoms with E-state index < -0.39 is 25.8 Å². The van der Waals surface area contributed by atoms with Gasteiger partial charge in [0, 0.05) is 24.6 Å². The van der Waals surface area contributed by atoms with E-state index in [1.807, 2.05) is 0 Å². The third kappa shape index (κ3) is 5.09. The lowest BCUT2D eigenvalue weighted by Gasteiger charge is -2.20. The third-order valence-corrected chi connectivity index (χ3v) is 7.64. The Labute approximate surface area is 187 Å². The van der Waals surface area contributed by atoms with Gasteiger partial charge in [0.1, 0.15) is 5.75 Å². The topological polar surface area (TPSA) is 110 Å². The molecule has 8 nitrogen and oxygen atoms in total. The van der Waals surface area contributed by atoms with Crippen molar-refractivity contribution in [3.8, 4) is 5.75 Å². The predicted octanol–water partition coefficient (Wildman–Crippen LogP) is 3.18. The lowest BCUT2D eigenvalue weighted by Crippen LogP contribution is -2.26. The highest BCUT2D eigenvalue weighted by atomic mass is 32.2. The fraction of sp³-hybridized carbons (Fsp3) is 0.136. The number of methoxy groups -OCH3 is 1. The van der Waals surface area contributed by atoms with Gasteiger partial charge < -0.3 is 10.1 Å². The highest BCUT2D eigenvalue weighted by Crippen LogP contribution is 2.25. The molecule has 1 amide bonds. The Morgan fingerprint density at radius 1 is 0.875 bits per heavy atom. The second-order valence-electron chi connectivity index (χ2n) is 6.95. The maximum absolute atomic E-state index is 13.1. The molecule has 0 spiro atoms. The average molecular weight is 475 g/mol. The summed E-state index contributed by atoms with van der Waals surface area (Å²) in [5.41, 5.74) is 0.957. The first kappa shape index (κ1) is 23.3. The zero-order valence-corrected chi connectivity index (χ0v) is 19.3. The minimum atomic E-state index is -3.92. The summed E-state index contributed by atoms with van der Waals surface area (Å²) in [7, 11) is -4.32. The number of rotatable bonds is 7. The molecule has 0 aromatic heterocycles. The number of sulfonamides is 1. The number of anilines is 2. The van der Waals surface area contributed by atoms with Gasteiger partial charge in [-0.2, -0.15) is 0 Å². The zero-order chi connectivity index (χ0) is 23.5. The molecular formula is C22H22N2O6S2. The number of nitrogens with zero attached hydrogens (tertiary/aromatic N) is 1. The average Bonchev–Trinajstić information content (AvgIpc) is 2.78. The number of ether oxygens (including phenoxy) is 1. The minimum absolute atomic E-state index is 0.0455. The fourth-order valence-corrected chi connectivity index (χ4v) is 4.75. The molecule has 0 unspecified atom stereocenters. The third-order valence-electron chi connectivity index (χ3n) is 4.73. The van der Waals surface area contributed by atoms with Gasteiger partial charge in [-0.05, 0) is 66.7 Å². The summed E-state index contributed by atoms with van der Waals surface area (Å²) in [6, 6.07) is 17.9. The Bertz CT molecular complexity index is 1330. The van der Waals surface area contributed by atoms with Crippen molar-refractivity contribution in [3.05, 3.63) is 78.4 Å². The van der Waals surface area contributed by atoms with E-state index in [2.05, 4.69) is 5.32 Å². The van der Waals surface area contributed by atoms with Crippen LogP contribution in [0.1, 0.15) is 10.4 Å². The van der Waals surface area contributed by atoms with Crippen molar-refractivity contribution < 1.29 is 26.4 Å². The van der Waals surface area contributed by atoms with E-state index in [-0.39, 0.29) is 15.4 Å². The quantitative estimate of drug-likeness (QED) is 0.563. The number of hydrogen-bond donors (Lipinski definition) is 1. The van der Waals surface area contributed by atoms with Crippen LogP contribution in [0.25, 0.3) is 0 Å². The Hall–Kier alpha value is -3.37. The molecule has 0 saturated carbocycles. The summed E-state index contributed by atoms with van der Waals surface area (Å²) >= 11 is 0. The van der Waals surface area contributed by atoms with Crippen LogP contribution in [0.2, 0.25) is 0 Å². The van der Waals surface area contributed by atoms with Crippen molar-refractivity contribution >= 4 is 37.1 Å². The van der Waals surface area contributed by atoms with Crippen LogP contribution < -0.4 is 14.4 Å². The van der Waals surface area contributed by atoms with Crippen molar-refractivity contribution in [2.24, 2.45) is 0 Å². The number of carbonyl (C=O) groups excluding carboxylic acids is 1. The molecule has 0 aliphatic heterocycles. The van der Waals surface area contributed by atoms with Crippen molar-refractivity contribution in [1.82, 2.24) is 0 Å². The molecule has 3 aromatic carbocycles. The van der Waals surface area contributed by atoms with Crippen LogP contribution >= 0.6 is 0 Å². The Morgan fingerprint density at radius 3 is 2.06 bits per heavy atom.